The van der Waals surface area contributed by atoms with Crippen LogP contribution in [-0.4, -0.2) is 36.3 Å². The van der Waals surface area contributed by atoms with Crippen LogP contribution in [0.25, 0.3) is 0 Å². The molecule has 1 N–H and O–H groups in total. The van der Waals surface area contributed by atoms with Crippen molar-refractivity contribution in [3.8, 4) is 0 Å². The highest BCUT2D eigenvalue weighted by Crippen LogP contribution is 2.17. The molecule has 0 aromatic rings. The van der Waals surface area contributed by atoms with Gasteiger partial charge in [-0.3, -0.25) is 9.59 Å². The molecular formula is C15H28N2O2. The first-order valence-corrected chi connectivity index (χ1v) is 7.68. The number of amides is 2. The molecule has 1 unspecified atom stereocenters. The minimum Gasteiger partial charge on any atom is -0.356 e. The third-order valence-electron chi connectivity index (χ3n) is 3.59. The molecule has 1 rings (SSSR count). The van der Waals surface area contributed by atoms with Crippen LogP contribution < -0.4 is 5.32 Å². The molecule has 1 atom stereocenters. The summed E-state index contributed by atoms with van der Waals surface area (Å²) < 4.78 is 0. The quantitative estimate of drug-likeness (QED) is 0.652. The zero-order valence-corrected chi connectivity index (χ0v) is 12.4. The number of rotatable bonds is 9. The third-order valence-corrected chi connectivity index (χ3v) is 3.59. The van der Waals surface area contributed by atoms with Crippen LogP contribution in [0, 0.1) is 5.92 Å². The second kappa shape index (κ2) is 8.94. The van der Waals surface area contributed by atoms with Gasteiger partial charge in [0.15, 0.2) is 0 Å². The maximum atomic E-state index is 11.6. The number of hydrogen-bond acceptors (Lipinski definition) is 2. The molecule has 0 radical (unpaired) electrons. The maximum Gasteiger partial charge on any atom is 0.222 e. The summed E-state index contributed by atoms with van der Waals surface area (Å²) in [5.74, 6) is 0.973. The van der Waals surface area contributed by atoms with Crippen molar-refractivity contribution < 1.29 is 9.59 Å². The standard InChI is InChI=1S/C15H28N2O2/c1-3-4-9-16-14(18)8-6-5-7-10-17-12-13(2)11-15(17)19/h13H,3-12H2,1-2H3,(H,16,18). The van der Waals surface area contributed by atoms with E-state index in [0.717, 1.165) is 51.7 Å². The lowest BCUT2D eigenvalue weighted by Crippen LogP contribution is -2.26. The van der Waals surface area contributed by atoms with E-state index in [1.54, 1.807) is 0 Å². The molecule has 0 aliphatic carbocycles. The monoisotopic (exact) mass is 268 g/mol. The minimum absolute atomic E-state index is 0.166. The van der Waals surface area contributed by atoms with E-state index in [-0.39, 0.29) is 5.91 Å². The zero-order chi connectivity index (χ0) is 14.1. The Labute approximate surface area is 116 Å². The van der Waals surface area contributed by atoms with Crippen LogP contribution in [0.4, 0.5) is 0 Å². The number of nitrogens with one attached hydrogen (secondary N) is 1. The number of nitrogens with zero attached hydrogens (tertiary/aromatic N) is 1. The van der Waals surface area contributed by atoms with Crippen LogP contribution in [0.15, 0.2) is 0 Å². The molecule has 0 spiro atoms. The topological polar surface area (TPSA) is 49.4 Å². The van der Waals surface area contributed by atoms with Gasteiger partial charge in [-0.1, -0.05) is 26.7 Å². The van der Waals surface area contributed by atoms with Crippen molar-refractivity contribution in [3.05, 3.63) is 0 Å². The van der Waals surface area contributed by atoms with E-state index in [0.29, 0.717) is 24.7 Å². The van der Waals surface area contributed by atoms with Crippen molar-refractivity contribution in [1.29, 1.82) is 0 Å². The minimum atomic E-state index is 0.166. The van der Waals surface area contributed by atoms with Gasteiger partial charge in [0.25, 0.3) is 0 Å². The van der Waals surface area contributed by atoms with Gasteiger partial charge in [0.1, 0.15) is 0 Å². The van der Waals surface area contributed by atoms with Crippen LogP contribution in [0.2, 0.25) is 0 Å². The molecule has 1 fully saturated rings. The molecule has 0 aromatic heterocycles. The van der Waals surface area contributed by atoms with Gasteiger partial charge in [0.2, 0.25) is 11.8 Å². The Kier molecular flexibility index (Phi) is 7.53. The first kappa shape index (κ1) is 16.0. The highest BCUT2D eigenvalue weighted by molar-refractivity contribution is 5.78. The Morgan fingerprint density at radius 3 is 2.74 bits per heavy atom. The van der Waals surface area contributed by atoms with E-state index in [9.17, 15) is 9.59 Å². The molecule has 19 heavy (non-hydrogen) atoms. The predicted octanol–water partition coefficient (Wildman–Crippen LogP) is 2.33. The molecule has 4 heteroatoms. The molecule has 2 amide bonds. The lowest BCUT2D eigenvalue weighted by atomic mass is 10.1. The number of carbonyl (C=O) groups excluding carboxylic acids is 2. The van der Waals surface area contributed by atoms with Crippen LogP contribution in [0.3, 0.4) is 0 Å². The Hall–Kier alpha value is -1.06. The molecule has 1 heterocycles. The van der Waals surface area contributed by atoms with Gasteiger partial charge in [0, 0.05) is 32.5 Å². The van der Waals surface area contributed by atoms with Gasteiger partial charge in [0.05, 0.1) is 0 Å². The highest BCUT2D eigenvalue weighted by Gasteiger charge is 2.25. The molecule has 0 bridgehead atoms. The lowest BCUT2D eigenvalue weighted by molar-refractivity contribution is -0.128. The van der Waals surface area contributed by atoms with Gasteiger partial charge < -0.3 is 10.2 Å². The van der Waals surface area contributed by atoms with Crippen molar-refractivity contribution in [2.45, 2.75) is 58.8 Å². The highest BCUT2D eigenvalue weighted by atomic mass is 16.2. The first-order valence-electron chi connectivity index (χ1n) is 7.68. The summed E-state index contributed by atoms with van der Waals surface area (Å²) in [6.45, 7) is 6.82. The predicted molar refractivity (Wildman–Crippen MR) is 76.7 cm³/mol. The van der Waals surface area contributed by atoms with Crippen molar-refractivity contribution in [2.75, 3.05) is 19.6 Å². The zero-order valence-electron chi connectivity index (χ0n) is 12.4. The smallest absolute Gasteiger partial charge is 0.222 e. The van der Waals surface area contributed by atoms with Gasteiger partial charge in [-0.25, -0.2) is 0 Å². The van der Waals surface area contributed by atoms with Gasteiger partial charge in [-0.2, -0.15) is 0 Å². The maximum absolute atomic E-state index is 11.6. The molecule has 0 aromatic carbocycles. The van der Waals surface area contributed by atoms with Crippen molar-refractivity contribution in [3.63, 3.8) is 0 Å². The molecule has 1 aliphatic heterocycles. The van der Waals surface area contributed by atoms with Crippen molar-refractivity contribution >= 4 is 11.8 Å². The largest absolute Gasteiger partial charge is 0.356 e. The molecular weight excluding hydrogens is 240 g/mol. The van der Waals surface area contributed by atoms with Gasteiger partial charge >= 0.3 is 0 Å². The fourth-order valence-corrected chi connectivity index (χ4v) is 2.44. The summed E-state index contributed by atoms with van der Waals surface area (Å²) in [4.78, 5) is 25.0. The summed E-state index contributed by atoms with van der Waals surface area (Å²) in [6.07, 6.45) is 6.47. The van der Waals surface area contributed by atoms with E-state index < -0.39 is 0 Å². The average Bonchev–Trinajstić information content (AvgIpc) is 2.68. The summed E-state index contributed by atoms with van der Waals surface area (Å²) >= 11 is 0. The second-order valence-electron chi connectivity index (χ2n) is 5.66. The SMILES string of the molecule is CCCCNC(=O)CCCCCN1CC(C)CC1=O. The molecule has 1 aliphatic rings. The fraction of sp³-hybridized carbons (Fsp3) is 0.867. The number of unbranched alkanes of at least 4 members (excludes halogenated alkanes) is 3. The fourth-order valence-electron chi connectivity index (χ4n) is 2.44. The number of carbonyl (C=O) groups is 2. The van der Waals surface area contributed by atoms with Crippen LogP contribution in [0.1, 0.15) is 58.8 Å². The molecule has 110 valence electrons. The van der Waals surface area contributed by atoms with Gasteiger partial charge in [-0.15, -0.1) is 0 Å². The van der Waals surface area contributed by atoms with E-state index in [1.165, 1.54) is 0 Å². The Balaban J connectivity index is 1.96. The van der Waals surface area contributed by atoms with E-state index in [4.69, 9.17) is 0 Å². The van der Waals surface area contributed by atoms with Gasteiger partial charge in [-0.05, 0) is 25.2 Å². The normalized spacial score (nSPS) is 18.9. The summed E-state index contributed by atoms with van der Waals surface area (Å²) in [5.41, 5.74) is 0. The van der Waals surface area contributed by atoms with E-state index in [1.807, 2.05) is 4.90 Å². The van der Waals surface area contributed by atoms with E-state index in [2.05, 4.69) is 19.2 Å². The van der Waals surface area contributed by atoms with Crippen molar-refractivity contribution in [1.82, 2.24) is 10.2 Å². The van der Waals surface area contributed by atoms with Crippen LogP contribution in [0.5, 0.6) is 0 Å². The van der Waals surface area contributed by atoms with Crippen LogP contribution >= 0.6 is 0 Å². The Morgan fingerprint density at radius 2 is 2.11 bits per heavy atom. The number of likely N-dealkylation sites (tertiary alicyclic amines) is 1. The Morgan fingerprint density at radius 1 is 1.32 bits per heavy atom. The van der Waals surface area contributed by atoms with Crippen molar-refractivity contribution in [2.24, 2.45) is 5.92 Å². The average molecular weight is 268 g/mol. The summed E-state index contributed by atoms with van der Waals surface area (Å²) in [5, 5.41) is 2.92. The summed E-state index contributed by atoms with van der Waals surface area (Å²) in [6, 6.07) is 0. The lowest BCUT2D eigenvalue weighted by Gasteiger charge is -2.15. The molecule has 4 nitrogen and oxygen atoms in total. The number of hydrogen-bond donors (Lipinski definition) is 1. The second-order valence-corrected chi connectivity index (χ2v) is 5.66. The molecule has 1 saturated heterocycles. The first-order chi connectivity index (χ1) is 9.13. The van der Waals surface area contributed by atoms with Crippen LogP contribution in [-0.2, 0) is 9.59 Å². The summed E-state index contributed by atoms with van der Waals surface area (Å²) in [7, 11) is 0. The molecule has 0 saturated carbocycles. The third kappa shape index (κ3) is 6.60. The van der Waals surface area contributed by atoms with E-state index >= 15 is 0 Å². The Bertz CT molecular complexity index is 292.